The van der Waals surface area contributed by atoms with Gasteiger partial charge in [-0.25, -0.2) is 0 Å². The number of hydrogen-bond acceptors (Lipinski definition) is 2. The van der Waals surface area contributed by atoms with E-state index in [9.17, 15) is 0 Å². The minimum absolute atomic E-state index is 0.401. The van der Waals surface area contributed by atoms with Crippen LogP contribution in [-0.2, 0) is 6.54 Å². The van der Waals surface area contributed by atoms with Crippen molar-refractivity contribution in [3.8, 4) is 17.6 Å². The maximum atomic E-state index is 5.62. The van der Waals surface area contributed by atoms with E-state index in [4.69, 9.17) is 4.74 Å². The summed E-state index contributed by atoms with van der Waals surface area (Å²) in [7, 11) is 0. The highest BCUT2D eigenvalue weighted by atomic mass is 79.9. The molecule has 0 saturated carbocycles. The molecule has 0 aromatic heterocycles. The van der Waals surface area contributed by atoms with Crippen LogP contribution in [0.2, 0.25) is 0 Å². The number of hydrogen-bond donors (Lipinski definition) is 1. The second-order valence-electron chi connectivity index (χ2n) is 4.63. The molecule has 0 unspecified atom stereocenters. The molecule has 1 rings (SSSR count). The van der Waals surface area contributed by atoms with Crippen molar-refractivity contribution in [1.82, 2.24) is 5.32 Å². The second kappa shape index (κ2) is 8.63. The summed E-state index contributed by atoms with van der Waals surface area (Å²) < 4.78 is 7.51. The Labute approximate surface area is 132 Å². The summed E-state index contributed by atoms with van der Waals surface area (Å²) in [6.45, 7) is 8.47. The van der Waals surface area contributed by atoms with E-state index in [0.717, 1.165) is 27.8 Å². The van der Waals surface area contributed by atoms with Crippen molar-refractivity contribution in [3.63, 3.8) is 0 Å². The van der Waals surface area contributed by atoms with Gasteiger partial charge in [-0.2, -0.15) is 0 Å². The summed E-state index contributed by atoms with van der Waals surface area (Å²) in [5.74, 6) is 7.15. The van der Waals surface area contributed by atoms with Crippen LogP contribution in [0.25, 0.3) is 0 Å². The Bertz CT molecular complexity index is 452. The molecule has 0 aliphatic heterocycles. The van der Waals surface area contributed by atoms with Crippen LogP contribution in [0.3, 0.4) is 0 Å². The lowest BCUT2D eigenvalue weighted by Crippen LogP contribution is -2.19. The first kappa shape index (κ1) is 16.6. The normalized spacial score (nSPS) is 10.2. The average molecular weight is 389 g/mol. The van der Waals surface area contributed by atoms with Gasteiger partial charge in [-0.05, 0) is 68.9 Å². The maximum Gasteiger partial charge on any atom is 0.149 e. The van der Waals surface area contributed by atoms with Crippen molar-refractivity contribution >= 4 is 31.9 Å². The Morgan fingerprint density at radius 2 is 1.89 bits per heavy atom. The van der Waals surface area contributed by atoms with E-state index in [-0.39, 0.29) is 0 Å². The topological polar surface area (TPSA) is 21.3 Å². The molecule has 2 nitrogen and oxygen atoms in total. The molecular weight excluding hydrogens is 370 g/mol. The van der Waals surface area contributed by atoms with Crippen molar-refractivity contribution in [2.24, 2.45) is 5.92 Å². The van der Waals surface area contributed by atoms with Gasteiger partial charge in [0.05, 0.1) is 8.95 Å². The third-order valence-electron chi connectivity index (χ3n) is 2.41. The van der Waals surface area contributed by atoms with Gasteiger partial charge in [0.15, 0.2) is 0 Å². The van der Waals surface area contributed by atoms with E-state index in [0.29, 0.717) is 12.5 Å². The van der Waals surface area contributed by atoms with Crippen LogP contribution < -0.4 is 10.1 Å². The molecule has 1 aromatic carbocycles. The summed E-state index contributed by atoms with van der Waals surface area (Å²) in [6, 6.07) is 4.15. The Balaban J connectivity index is 2.69. The minimum atomic E-state index is 0.401. The maximum absolute atomic E-state index is 5.62. The molecule has 1 aromatic rings. The zero-order valence-electron chi connectivity index (χ0n) is 11.5. The third-order valence-corrected chi connectivity index (χ3v) is 3.58. The summed E-state index contributed by atoms with van der Waals surface area (Å²) in [5.41, 5.74) is 1.22. The molecule has 0 heterocycles. The number of rotatable bonds is 6. The number of benzene rings is 1. The summed E-state index contributed by atoms with van der Waals surface area (Å²) in [4.78, 5) is 0. The number of halogens is 2. The van der Waals surface area contributed by atoms with Gasteiger partial charge in [0.2, 0.25) is 0 Å². The van der Waals surface area contributed by atoms with Crippen molar-refractivity contribution < 1.29 is 4.74 Å². The van der Waals surface area contributed by atoms with Gasteiger partial charge in [0.25, 0.3) is 0 Å². The van der Waals surface area contributed by atoms with Crippen LogP contribution in [0.15, 0.2) is 21.1 Å². The van der Waals surface area contributed by atoms with Crippen molar-refractivity contribution in [2.75, 3.05) is 13.2 Å². The van der Waals surface area contributed by atoms with E-state index in [1.54, 1.807) is 6.92 Å². The van der Waals surface area contributed by atoms with Crippen LogP contribution in [0.5, 0.6) is 5.75 Å². The monoisotopic (exact) mass is 387 g/mol. The minimum Gasteiger partial charge on any atom is -0.479 e. The molecule has 0 aliphatic rings. The first-order valence-corrected chi connectivity index (χ1v) is 7.84. The molecule has 0 fully saturated rings. The second-order valence-corrected chi connectivity index (χ2v) is 6.34. The molecule has 0 bridgehead atoms. The van der Waals surface area contributed by atoms with Gasteiger partial charge in [-0.3, -0.25) is 0 Å². The molecule has 0 aliphatic carbocycles. The zero-order chi connectivity index (χ0) is 14.3. The number of ether oxygens (including phenoxy) is 1. The zero-order valence-corrected chi connectivity index (χ0v) is 14.7. The molecule has 0 spiro atoms. The first-order chi connectivity index (χ1) is 9.04. The van der Waals surface area contributed by atoms with Crippen molar-refractivity contribution in [2.45, 2.75) is 27.3 Å². The fraction of sp³-hybridized carbons (Fsp3) is 0.467. The standard InChI is InChI=1S/C15H19Br2NO/c1-4-5-6-19-15-13(16)7-12(8-14(15)17)10-18-9-11(2)3/h7-8,11,18H,6,9-10H2,1-3H3. The van der Waals surface area contributed by atoms with Crippen LogP contribution in [-0.4, -0.2) is 13.2 Å². The van der Waals surface area contributed by atoms with Crippen LogP contribution in [0.4, 0.5) is 0 Å². The fourth-order valence-electron chi connectivity index (χ4n) is 1.54. The summed E-state index contributed by atoms with van der Waals surface area (Å²) in [5, 5.41) is 3.42. The molecule has 4 heteroatoms. The molecule has 104 valence electrons. The predicted octanol–water partition coefficient (Wildman–Crippen LogP) is 4.36. The fourth-order valence-corrected chi connectivity index (χ4v) is 3.05. The van der Waals surface area contributed by atoms with Gasteiger partial charge in [-0.1, -0.05) is 19.8 Å². The highest BCUT2D eigenvalue weighted by Crippen LogP contribution is 2.34. The van der Waals surface area contributed by atoms with Crippen molar-refractivity contribution in [1.29, 1.82) is 0 Å². The Morgan fingerprint density at radius 1 is 1.26 bits per heavy atom. The van der Waals surface area contributed by atoms with E-state index >= 15 is 0 Å². The lowest BCUT2D eigenvalue weighted by atomic mass is 10.2. The van der Waals surface area contributed by atoms with Gasteiger partial charge < -0.3 is 10.1 Å². The number of nitrogens with one attached hydrogen (secondary N) is 1. The Morgan fingerprint density at radius 3 is 2.42 bits per heavy atom. The van der Waals surface area contributed by atoms with Gasteiger partial charge >= 0.3 is 0 Å². The van der Waals surface area contributed by atoms with Gasteiger partial charge in [0, 0.05) is 6.54 Å². The quantitative estimate of drug-likeness (QED) is 0.731. The van der Waals surface area contributed by atoms with E-state index in [1.165, 1.54) is 5.56 Å². The molecule has 0 radical (unpaired) electrons. The average Bonchev–Trinajstić information content (AvgIpc) is 2.32. The third kappa shape index (κ3) is 5.99. The highest BCUT2D eigenvalue weighted by Gasteiger charge is 2.08. The smallest absolute Gasteiger partial charge is 0.149 e. The molecule has 0 amide bonds. The van der Waals surface area contributed by atoms with E-state index in [2.05, 4.69) is 75.0 Å². The van der Waals surface area contributed by atoms with Gasteiger partial charge in [0.1, 0.15) is 12.4 Å². The molecule has 0 atom stereocenters. The van der Waals surface area contributed by atoms with Crippen molar-refractivity contribution in [3.05, 3.63) is 26.6 Å². The first-order valence-electron chi connectivity index (χ1n) is 6.25. The molecular formula is C15H19Br2NO. The van der Waals surface area contributed by atoms with Gasteiger partial charge in [-0.15, -0.1) is 5.92 Å². The Hall–Kier alpha value is -0.500. The van der Waals surface area contributed by atoms with E-state index < -0.39 is 0 Å². The summed E-state index contributed by atoms with van der Waals surface area (Å²) in [6.07, 6.45) is 0. The lowest BCUT2D eigenvalue weighted by Gasteiger charge is -2.12. The van der Waals surface area contributed by atoms with Crippen LogP contribution >= 0.6 is 31.9 Å². The van der Waals surface area contributed by atoms with Crippen LogP contribution in [0.1, 0.15) is 26.3 Å². The highest BCUT2D eigenvalue weighted by molar-refractivity contribution is 9.11. The molecule has 1 N–H and O–H groups in total. The Kier molecular flexibility index (Phi) is 7.52. The summed E-state index contributed by atoms with van der Waals surface area (Å²) >= 11 is 7.08. The van der Waals surface area contributed by atoms with Crippen LogP contribution in [0, 0.1) is 17.8 Å². The molecule has 19 heavy (non-hydrogen) atoms. The SMILES string of the molecule is CC#CCOc1c(Br)cc(CNCC(C)C)cc1Br. The largest absolute Gasteiger partial charge is 0.479 e. The predicted molar refractivity (Wildman–Crippen MR) is 87.3 cm³/mol. The van der Waals surface area contributed by atoms with E-state index in [1.807, 2.05) is 0 Å². The lowest BCUT2D eigenvalue weighted by molar-refractivity contribution is 0.365. The molecule has 0 saturated heterocycles.